The lowest BCUT2D eigenvalue weighted by atomic mass is 9.87. The maximum Gasteiger partial charge on any atom is 0.308 e. The van der Waals surface area contributed by atoms with Gasteiger partial charge >= 0.3 is 5.97 Å². The van der Waals surface area contributed by atoms with Gasteiger partial charge in [-0.15, -0.1) is 0 Å². The Hall–Kier alpha value is -1.10. The van der Waals surface area contributed by atoms with Crippen LogP contribution in [0, 0.1) is 5.92 Å². The summed E-state index contributed by atoms with van der Waals surface area (Å²) in [6, 6.07) is -0.263. The van der Waals surface area contributed by atoms with E-state index < -0.39 is 11.9 Å². The highest BCUT2D eigenvalue weighted by molar-refractivity contribution is 5.79. The molecule has 3 unspecified atom stereocenters. The standard InChI is InChI=1S/C15H27NO4/c1-3-11(2)20-10-14(17)16-13-9-7-5-4-6-8-12(13)15(18)19/h11-13H,3-10H2,1-2H3,(H,16,17)(H,18,19). The first-order valence-corrected chi connectivity index (χ1v) is 7.68. The second-order valence-electron chi connectivity index (χ2n) is 5.64. The van der Waals surface area contributed by atoms with E-state index in [0.717, 1.165) is 38.5 Å². The van der Waals surface area contributed by atoms with Crippen LogP contribution in [0.3, 0.4) is 0 Å². The van der Waals surface area contributed by atoms with Crippen molar-refractivity contribution in [3.63, 3.8) is 0 Å². The van der Waals surface area contributed by atoms with E-state index in [0.29, 0.717) is 6.42 Å². The average Bonchev–Trinajstić information content (AvgIpc) is 2.38. The maximum absolute atomic E-state index is 11.9. The van der Waals surface area contributed by atoms with Crippen LogP contribution in [0.4, 0.5) is 0 Å². The maximum atomic E-state index is 11.9. The molecule has 0 bridgehead atoms. The summed E-state index contributed by atoms with van der Waals surface area (Å²) in [7, 11) is 0. The van der Waals surface area contributed by atoms with Crippen molar-refractivity contribution >= 4 is 11.9 Å². The molecule has 0 spiro atoms. The van der Waals surface area contributed by atoms with Crippen LogP contribution >= 0.6 is 0 Å². The number of amides is 1. The fourth-order valence-corrected chi connectivity index (χ4v) is 2.54. The number of carbonyl (C=O) groups excluding carboxylic acids is 1. The predicted molar refractivity (Wildman–Crippen MR) is 76.5 cm³/mol. The minimum Gasteiger partial charge on any atom is -0.481 e. The Morgan fingerprint density at radius 2 is 1.90 bits per heavy atom. The molecule has 0 heterocycles. The molecule has 5 heteroatoms. The first-order chi connectivity index (χ1) is 9.54. The monoisotopic (exact) mass is 285 g/mol. The van der Waals surface area contributed by atoms with Crippen LogP contribution in [0.15, 0.2) is 0 Å². The normalized spacial score (nSPS) is 25.3. The van der Waals surface area contributed by atoms with E-state index in [-0.39, 0.29) is 24.7 Å². The van der Waals surface area contributed by atoms with Crippen LogP contribution in [0.2, 0.25) is 0 Å². The van der Waals surface area contributed by atoms with E-state index in [1.54, 1.807) is 0 Å². The fourth-order valence-electron chi connectivity index (χ4n) is 2.54. The second kappa shape index (κ2) is 8.95. The van der Waals surface area contributed by atoms with Crippen LogP contribution in [-0.2, 0) is 14.3 Å². The number of hydrogen-bond donors (Lipinski definition) is 2. The molecule has 0 radical (unpaired) electrons. The number of ether oxygens (including phenoxy) is 1. The molecule has 3 atom stereocenters. The van der Waals surface area contributed by atoms with Crippen LogP contribution in [0.1, 0.15) is 58.8 Å². The van der Waals surface area contributed by atoms with Gasteiger partial charge < -0.3 is 15.2 Å². The average molecular weight is 285 g/mol. The van der Waals surface area contributed by atoms with E-state index >= 15 is 0 Å². The van der Waals surface area contributed by atoms with Gasteiger partial charge in [-0.05, 0) is 26.2 Å². The Balaban J connectivity index is 2.50. The summed E-state index contributed by atoms with van der Waals surface area (Å²) in [5, 5.41) is 12.2. The Bertz CT molecular complexity index is 319. The smallest absolute Gasteiger partial charge is 0.308 e. The summed E-state index contributed by atoms with van der Waals surface area (Å²) >= 11 is 0. The predicted octanol–water partition coefficient (Wildman–Crippen LogP) is 2.34. The summed E-state index contributed by atoms with van der Waals surface area (Å²) in [6.07, 6.45) is 6.39. The van der Waals surface area contributed by atoms with E-state index in [1.807, 2.05) is 13.8 Å². The second-order valence-corrected chi connectivity index (χ2v) is 5.64. The molecule has 0 aromatic rings. The molecule has 20 heavy (non-hydrogen) atoms. The van der Waals surface area contributed by atoms with Crippen molar-refractivity contribution in [2.75, 3.05) is 6.61 Å². The zero-order chi connectivity index (χ0) is 15.0. The number of carboxylic acid groups (broad SMARTS) is 1. The molecule has 1 saturated carbocycles. The highest BCUT2D eigenvalue weighted by Crippen LogP contribution is 2.23. The van der Waals surface area contributed by atoms with Gasteiger partial charge in [0.15, 0.2) is 0 Å². The lowest BCUT2D eigenvalue weighted by Crippen LogP contribution is -2.45. The lowest BCUT2D eigenvalue weighted by Gasteiger charge is -2.27. The molecule has 1 fully saturated rings. The summed E-state index contributed by atoms with van der Waals surface area (Å²) in [5.41, 5.74) is 0. The molecule has 1 amide bonds. The van der Waals surface area contributed by atoms with Gasteiger partial charge in [-0.1, -0.05) is 32.6 Å². The van der Waals surface area contributed by atoms with Gasteiger partial charge in [0.1, 0.15) is 6.61 Å². The number of carbonyl (C=O) groups is 2. The number of aliphatic carboxylic acids is 1. The minimum absolute atomic E-state index is 0.0118. The van der Waals surface area contributed by atoms with Crippen molar-refractivity contribution in [2.24, 2.45) is 5.92 Å². The van der Waals surface area contributed by atoms with Crippen molar-refractivity contribution in [1.82, 2.24) is 5.32 Å². The molecule has 0 aliphatic heterocycles. The summed E-state index contributed by atoms with van der Waals surface area (Å²) in [6.45, 7) is 3.93. The first-order valence-electron chi connectivity index (χ1n) is 7.68. The molecule has 0 aromatic carbocycles. The SMILES string of the molecule is CCC(C)OCC(=O)NC1CCCCCCC1C(=O)O. The molecule has 1 aliphatic carbocycles. The highest BCUT2D eigenvalue weighted by atomic mass is 16.5. The molecule has 2 N–H and O–H groups in total. The first kappa shape index (κ1) is 17.0. The minimum atomic E-state index is -0.806. The summed E-state index contributed by atoms with van der Waals surface area (Å²) in [4.78, 5) is 23.2. The zero-order valence-electron chi connectivity index (χ0n) is 12.6. The van der Waals surface area contributed by atoms with Crippen molar-refractivity contribution in [3.8, 4) is 0 Å². The quantitative estimate of drug-likeness (QED) is 0.785. The van der Waals surface area contributed by atoms with Crippen LogP contribution in [-0.4, -0.2) is 35.7 Å². The zero-order valence-corrected chi connectivity index (χ0v) is 12.6. The lowest BCUT2D eigenvalue weighted by molar-refractivity contribution is -0.144. The van der Waals surface area contributed by atoms with Crippen molar-refractivity contribution < 1.29 is 19.4 Å². The molecular formula is C15H27NO4. The third-order valence-electron chi connectivity index (χ3n) is 4.00. The van der Waals surface area contributed by atoms with Crippen molar-refractivity contribution in [2.45, 2.75) is 70.9 Å². The largest absolute Gasteiger partial charge is 0.481 e. The van der Waals surface area contributed by atoms with E-state index in [4.69, 9.17) is 4.74 Å². The molecule has 0 aromatic heterocycles. The van der Waals surface area contributed by atoms with Gasteiger partial charge in [-0.25, -0.2) is 0 Å². The van der Waals surface area contributed by atoms with Crippen LogP contribution < -0.4 is 5.32 Å². The van der Waals surface area contributed by atoms with Gasteiger partial charge in [0.2, 0.25) is 5.91 Å². The molecule has 1 rings (SSSR count). The van der Waals surface area contributed by atoms with Gasteiger partial charge in [0, 0.05) is 6.04 Å². The van der Waals surface area contributed by atoms with Crippen molar-refractivity contribution in [1.29, 1.82) is 0 Å². The topological polar surface area (TPSA) is 75.6 Å². The molecule has 1 aliphatic rings. The molecule has 0 saturated heterocycles. The van der Waals surface area contributed by atoms with Gasteiger partial charge in [0.05, 0.1) is 12.0 Å². The Labute approximate surface area is 121 Å². The molecular weight excluding hydrogens is 258 g/mol. The van der Waals surface area contributed by atoms with E-state index in [2.05, 4.69) is 5.32 Å². The Morgan fingerprint density at radius 1 is 1.25 bits per heavy atom. The number of carboxylic acids is 1. The third kappa shape index (κ3) is 5.90. The van der Waals surface area contributed by atoms with Gasteiger partial charge in [-0.3, -0.25) is 9.59 Å². The van der Waals surface area contributed by atoms with E-state index in [9.17, 15) is 14.7 Å². The number of rotatable bonds is 6. The van der Waals surface area contributed by atoms with Crippen LogP contribution in [0.5, 0.6) is 0 Å². The Kier molecular flexibility index (Phi) is 7.59. The highest BCUT2D eigenvalue weighted by Gasteiger charge is 2.29. The fraction of sp³-hybridized carbons (Fsp3) is 0.867. The van der Waals surface area contributed by atoms with Gasteiger partial charge in [0.25, 0.3) is 0 Å². The Morgan fingerprint density at radius 3 is 2.50 bits per heavy atom. The van der Waals surface area contributed by atoms with E-state index in [1.165, 1.54) is 0 Å². The summed E-state index contributed by atoms with van der Waals surface area (Å²) in [5.74, 6) is -1.48. The molecule has 116 valence electrons. The number of hydrogen-bond acceptors (Lipinski definition) is 3. The number of nitrogens with one attached hydrogen (secondary N) is 1. The van der Waals surface area contributed by atoms with Crippen LogP contribution in [0.25, 0.3) is 0 Å². The van der Waals surface area contributed by atoms with Crippen molar-refractivity contribution in [3.05, 3.63) is 0 Å². The molecule has 5 nitrogen and oxygen atoms in total. The summed E-state index contributed by atoms with van der Waals surface area (Å²) < 4.78 is 5.39. The third-order valence-corrected chi connectivity index (χ3v) is 4.00. The van der Waals surface area contributed by atoms with Gasteiger partial charge in [-0.2, -0.15) is 0 Å².